The smallest absolute Gasteiger partial charge is 0.321 e. The molecule has 5 aliphatic rings. The minimum Gasteiger partial charge on any atom is -0.321 e. The van der Waals surface area contributed by atoms with Crippen LogP contribution < -0.4 is 5.84 Å². The van der Waals surface area contributed by atoms with Gasteiger partial charge in [0.25, 0.3) is 0 Å². The summed E-state index contributed by atoms with van der Waals surface area (Å²) in [6.45, 7) is 16.0. The van der Waals surface area contributed by atoms with Crippen molar-refractivity contribution in [3.05, 3.63) is 11.6 Å². The van der Waals surface area contributed by atoms with E-state index in [4.69, 9.17) is 5.84 Å². The van der Waals surface area contributed by atoms with E-state index < -0.39 is 0 Å². The van der Waals surface area contributed by atoms with Gasteiger partial charge in [-0.05, 0) is 105 Å². The molecule has 0 bridgehead atoms. The van der Waals surface area contributed by atoms with E-state index in [1.165, 1.54) is 57.8 Å². The van der Waals surface area contributed by atoms with E-state index in [2.05, 4.69) is 52.6 Å². The van der Waals surface area contributed by atoms with Gasteiger partial charge >= 0.3 is 6.03 Å². The van der Waals surface area contributed by atoms with Crippen molar-refractivity contribution in [2.24, 2.45) is 52.2 Å². The highest BCUT2D eigenvalue weighted by Gasteiger charge is 2.59. The Labute approximate surface area is 233 Å². The number of hydrogen-bond donors (Lipinski definition) is 1. The van der Waals surface area contributed by atoms with Crippen LogP contribution in [-0.4, -0.2) is 60.1 Å². The number of fused-ring (bicyclic) bond motifs is 5. The first-order valence-electron chi connectivity index (χ1n) is 16.3. The Balaban J connectivity index is 1.24. The van der Waals surface area contributed by atoms with Crippen LogP contribution in [0.25, 0.3) is 0 Å². The topological polar surface area (TPSA) is 52.8 Å². The third-order valence-corrected chi connectivity index (χ3v) is 12.7. The molecule has 1 saturated heterocycles. The molecule has 216 valence electrons. The first-order chi connectivity index (χ1) is 18.0. The molecular formula is C33H58N4O. The van der Waals surface area contributed by atoms with E-state index >= 15 is 0 Å². The molecule has 0 aromatic heterocycles. The van der Waals surface area contributed by atoms with E-state index in [-0.39, 0.29) is 12.1 Å². The van der Waals surface area contributed by atoms with Crippen LogP contribution in [0.1, 0.15) is 105 Å². The van der Waals surface area contributed by atoms with Crippen LogP contribution >= 0.6 is 0 Å². The summed E-state index contributed by atoms with van der Waals surface area (Å²) in [7, 11) is 2.13. The summed E-state index contributed by atoms with van der Waals surface area (Å²) in [5, 5.41) is 1.61. The zero-order valence-electron chi connectivity index (χ0n) is 25.6. The molecule has 5 rings (SSSR count). The molecule has 0 radical (unpaired) electrons. The molecule has 3 unspecified atom stereocenters. The van der Waals surface area contributed by atoms with E-state index in [1.54, 1.807) is 10.6 Å². The molecule has 1 heterocycles. The Morgan fingerprint density at radius 1 is 1.03 bits per heavy atom. The second-order valence-electron chi connectivity index (χ2n) is 15.2. The number of hydrazine groups is 1. The number of allylic oxidation sites excluding steroid dienone is 1. The predicted octanol–water partition coefficient (Wildman–Crippen LogP) is 6.94. The molecule has 0 aromatic carbocycles. The highest BCUT2D eigenvalue weighted by molar-refractivity contribution is 5.74. The summed E-state index contributed by atoms with van der Waals surface area (Å²) in [6.07, 6.45) is 17.1. The number of carbonyl (C=O) groups is 1. The normalized spacial score (nSPS) is 40.3. The van der Waals surface area contributed by atoms with Crippen LogP contribution in [0.3, 0.4) is 0 Å². The van der Waals surface area contributed by atoms with Gasteiger partial charge in [0, 0.05) is 26.2 Å². The molecule has 38 heavy (non-hydrogen) atoms. The van der Waals surface area contributed by atoms with Crippen LogP contribution in [0.2, 0.25) is 0 Å². The second kappa shape index (κ2) is 11.1. The number of urea groups is 1. The summed E-state index contributed by atoms with van der Waals surface area (Å²) >= 11 is 0. The van der Waals surface area contributed by atoms with Gasteiger partial charge in [-0.3, -0.25) is 5.01 Å². The van der Waals surface area contributed by atoms with Crippen LogP contribution in [0, 0.1) is 46.3 Å². The van der Waals surface area contributed by atoms with E-state index in [0.717, 1.165) is 74.5 Å². The first-order valence-corrected chi connectivity index (χ1v) is 16.3. The number of hydrogen-bond acceptors (Lipinski definition) is 3. The number of carbonyl (C=O) groups excluding carboxylic acids is 1. The standard InChI is InChI=1S/C33H58N4O/c1-23(2)8-7-9-24(3)28-12-13-29-27-11-10-25-22-26(37(34)31(38)36-20-18-35(6)19-21-36)14-16-32(25,4)30(27)15-17-33(28,29)5/h10,23-24,26-30H,7-9,11-22,34H2,1-6H3/t24-,26+,27?,28-,29?,30?,32+,33-/m1/s1. The predicted molar refractivity (Wildman–Crippen MR) is 157 cm³/mol. The van der Waals surface area contributed by atoms with Crippen molar-refractivity contribution in [1.82, 2.24) is 14.8 Å². The Bertz CT molecular complexity index is 878. The van der Waals surface area contributed by atoms with Gasteiger partial charge in [0.1, 0.15) is 0 Å². The van der Waals surface area contributed by atoms with Gasteiger partial charge in [-0.1, -0.05) is 65.5 Å². The van der Waals surface area contributed by atoms with Gasteiger partial charge in [-0.25, -0.2) is 10.6 Å². The Morgan fingerprint density at radius 3 is 2.47 bits per heavy atom. The van der Waals surface area contributed by atoms with E-state index in [1.807, 2.05) is 4.90 Å². The van der Waals surface area contributed by atoms with Crippen molar-refractivity contribution < 1.29 is 4.79 Å². The number of rotatable bonds is 6. The Kier molecular flexibility index (Phi) is 8.29. The highest BCUT2D eigenvalue weighted by Crippen LogP contribution is 2.67. The van der Waals surface area contributed by atoms with Gasteiger partial charge in [0.15, 0.2) is 0 Å². The van der Waals surface area contributed by atoms with Crippen molar-refractivity contribution in [1.29, 1.82) is 0 Å². The van der Waals surface area contributed by atoms with Crippen molar-refractivity contribution in [3.8, 4) is 0 Å². The van der Waals surface area contributed by atoms with Crippen molar-refractivity contribution >= 4 is 6.03 Å². The Hall–Kier alpha value is -1.07. The maximum absolute atomic E-state index is 13.2. The quantitative estimate of drug-likeness (QED) is 0.176. The maximum Gasteiger partial charge on any atom is 0.334 e. The zero-order chi connectivity index (χ0) is 27.2. The fourth-order valence-electron chi connectivity index (χ4n) is 10.2. The third kappa shape index (κ3) is 5.08. The van der Waals surface area contributed by atoms with Crippen molar-refractivity contribution in [3.63, 3.8) is 0 Å². The Morgan fingerprint density at radius 2 is 1.76 bits per heavy atom. The van der Waals surface area contributed by atoms with Gasteiger partial charge in [0.05, 0.1) is 6.04 Å². The fourth-order valence-corrected chi connectivity index (χ4v) is 10.2. The van der Waals surface area contributed by atoms with E-state index in [0.29, 0.717) is 10.8 Å². The summed E-state index contributed by atoms with van der Waals surface area (Å²) in [4.78, 5) is 17.5. The molecule has 0 aromatic rings. The monoisotopic (exact) mass is 526 g/mol. The lowest BCUT2D eigenvalue weighted by Gasteiger charge is -2.59. The summed E-state index contributed by atoms with van der Waals surface area (Å²) in [5.74, 6) is 11.7. The first kappa shape index (κ1) is 28.5. The molecule has 5 heteroatoms. The number of piperazine rings is 1. The van der Waals surface area contributed by atoms with Gasteiger partial charge in [-0.15, -0.1) is 0 Å². The lowest BCUT2D eigenvalue weighted by atomic mass is 9.47. The number of nitrogens with two attached hydrogens (primary N) is 1. The zero-order valence-corrected chi connectivity index (χ0v) is 25.6. The molecule has 4 aliphatic carbocycles. The minimum atomic E-state index is 0.0360. The molecular weight excluding hydrogens is 468 g/mol. The average molecular weight is 527 g/mol. The lowest BCUT2D eigenvalue weighted by Crippen LogP contribution is -2.58. The summed E-state index contributed by atoms with van der Waals surface area (Å²) in [6, 6.07) is 0.184. The van der Waals surface area contributed by atoms with Crippen LogP contribution in [0.5, 0.6) is 0 Å². The molecule has 2 N–H and O–H groups in total. The highest BCUT2D eigenvalue weighted by atomic mass is 16.2. The van der Waals surface area contributed by atoms with Gasteiger partial charge in [-0.2, -0.15) is 0 Å². The third-order valence-electron chi connectivity index (χ3n) is 12.7. The SMILES string of the molecule is CC(C)CCC[C@@H](C)[C@H]1CCC2C3CC=C4C[C@@H](N(N)C(=O)N5CCN(C)CC5)CC[C@]4(C)C3CC[C@@]21C. The van der Waals surface area contributed by atoms with Crippen molar-refractivity contribution in [2.45, 2.75) is 111 Å². The van der Waals surface area contributed by atoms with Crippen LogP contribution in [0.4, 0.5) is 4.79 Å². The fraction of sp³-hybridized carbons (Fsp3) is 0.909. The minimum absolute atomic E-state index is 0.0360. The molecule has 0 spiro atoms. The van der Waals surface area contributed by atoms with Crippen LogP contribution in [-0.2, 0) is 0 Å². The van der Waals surface area contributed by atoms with Gasteiger partial charge in [0.2, 0.25) is 0 Å². The molecule has 4 fully saturated rings. The van der Waals surface area contributed by atoms with E-state index in [9.17, 15) is 4.79 Å². The molecule has 2 amide bonds. The molecule has 3 saturated carbocycles. The molecule has 1 aliphatic heterocycles. The molecule has 5 nitrogen and oxygen atoms in total. The van der Waals surface area contributed by atoms with Crippen molar-refractivity contribution in [2.75, 3.05) is 33.2 Å². The largest absolute Gasteiger partial charge is 0.334 e. The average Bonchev–Trinajstić information content (AvgIpc) is 3.25. The second-order valence-corrected chi connectivity index (χ2v) is 15.2. The maximum atomic E-state index is 13.2. The number of nitrogens with zero attached hydrogens (tertiary/aromatic N) is 3. The summed E-state index contributed by atoms with van der Waals surface area (Å²) < 4.78 is 0. The molecule has 8 atom stereocenters. The lowest BCUT2D eigenvalue weighted by molar-refractivity contribution is -0.0540. The van der Waals surface area contributed by atoms with Gasteiger partial charge < -0.3 is 9.80 Å². The number of likely N-dealkylation sites (N-methyl/N-ethyl adjacent to an activating group) is 1. The van der Waals surface area contributed by atoms with Crippen LogP contribution in [0.15, 0.2) is 11.6 Å². The number of amides is 2. The summed E-state index contributed by atoms with van der Waals surface area (Å²) in [5.41, 5.74) is 2.47.